The lowest BCUT2D eigenvalue weighted by Crippen LogP contribution is -2.44. The van der Waals surface area contributed by atoms with Gasteiger partial charge in [-0.2, -0.15) is 0 Å². The molecule has 0 radical (unpaired) electrons. The maximum absolute atomic E-state index is 14.6. The number of rotatable bonds is 6. The Morgan fingerprint density at radius 3 is 2.74 bits per heavy atom. The van der Waals surface area contributed by atoms with Crippen LogP contribution in [0, 0.1) is 12.7 Å². The van der Waals surface area contributed by atoms with Gasteiger partial charge in [0.15, 0.2) is 5.60 Å². The van der Waals surface area contributed by atoms with Gasteiger partial charge in [0.05, 0.1) is 29.0 Å². The Morgan fingerprint density at radius 2 is 2.03 bits per heavy atom. The molecule has 35 heavy (non-hydrogen) atoms. The predicted octanol–water partition coefficient (Wildman–Crippen LogP) is 2.40. The van der Waals surface area contributed by atoms with E-state index in [4.69, 9.17) is 9.72 Å². The van der Waals surface area contributed by atoms with E-state index >= 15 is 0 Å². The lowest BCUT2D eigenvalue weighted by atomic mass is 9.86. The first-order chi connectivity index (χ1) is 16.7. The van der Waals surface area contributed by atoms with Gasteiger partial charge in [-0.3, -0.25) is 4.79 Å². The van der Waals surface area contributed by atoms with Crippen molar-refractivity contribution in [2.24, 2.45) is 0 Å². The van der Waals surface area contributed by atoms with Gasteiger partial charge in [-0.25, -0.2) is 14.2 Å². The van der Waals surface area contributed by atoms with Gasteiger partial charge in [-0.05, 0) is 50.6 Å². The van der Waals surface area contributed by atoms with Crippen molar-refractivity contribution in [3.63, 3.8) is 0 Å². The summed E-state index contributed by atoms with van der Waals surface area (Å²) >= 11 is 0. The summed E-state index contributed by atoms with van der Waals surface area (Å²) < 4.78 is 21.3. The fourth-order valence-corrected chi connectivity index (χ4v) is 5.25. The molecule has 2 aliphatic heterocycles. The Morgan fingerprint density at radius 1 is 1.26 bits per heavy atom. The van der Waals surface area contributed by atoms with E-state index in [1.54, 1.807) is 24.5 Å². The van der Waals surface area contributed by atoms with Crippen molar-refractivity contribution in [2.75, 3.05) is 20.1 Å². The summed E-state index contributed by atoms with van der Waals surface area (Å²) in [6.45, 7) is 7.05. The van der Waals surface area contributed by atoms with Crippen molar-refractivity contribution in [3.05, 3.63) is 62.2 Å². The van der Waals surface area contributed by atoms with Crippen LogP contribution in [0.3, 0.4) is 0 Å². The third-order valence-electron chi connectivity index (χ3n) is 7.27. The van der Waals surface area contributed by atoms with Crippen molar-refractivity contribution in [1.29, 1.82) is 0 Å². The van der Waals surface area contributed by atoms with Crippen LogP contribution in [-0.2, 0) is 28.3 Å². The summed E-state index contributed by atoms with van der Waals surface area (Å²) in [6, 6.07) is 4.82. The standard InChI is InChI=1S/C26H29FN4O4/c1-5-26(34)18-9-21-23-16(11-31(21)24(32)17(18)12-35-25(26)33)22(14(3)29-7-6-28-4)15-8-13(2)19(27)10-20(15)30-23/h8-10,14,28-29,34H,5-7,11-12H2,1-4H3/t14-,26-/m0/s1. The van der Waals surface area contributed by atoms with E-state index in [-0.39, 0.29) is 41.6 Å². The van der Waals surface area contributed by atoms with Gasteiger partial charge in [-0.15, -0.1) is 0 Å². The molecule has 1 aromatic carbocycles. The Kier molecular flexibility index (Phi) is 5.74. The summed E-state index contributed by atoms with van der Waals surface area (Å²) in [5.74, 6) is -1.11. The number of nitrogens with zero attached hydrogens (tertiary/aromatic N) is 2. The van der Waals surface area contributed by atoms with Gasteiger partial charge in [-0.1, -0.05) is 6.92 Å². The van der Waals surface area contributed by atoms with Crippen LogP contribution in [0.15, 0.2) is 23.0 Å². The van der Waals surface area contributed by atoms with Gasteiger partial charge in [0, 0.05) is 41.7 Å². The van der Waals surface area contributed by atoms with Crippen LogP contribution in [0.25, 0.3) is 22.3 Å². The minimum Gasteiger partial charge on any atom is -0.458 e. The minimum atomic E-state index is -1.89. The zero-order valence-electron chi connectivity index (χ0n) is 20.3. The number of halogens is 1. The molecular formula is C26H29FN4O4. The lowest BCUT2D eigenvalue weighted by molar-refractivity contribution is -0.172. The molecule has 0 amide bonds. The van der Waals surface area contributed by atoms with Gasteiger partial charge >= 0.3 is 5.97 Å². The number of likely N-dealkylation sites (N-methyl/N-ethyl adjacent to an activating group) is 1. The van der Waals surface area contributed by atoms with Crippen LogP contribution in [0.4, 0.5) is 4.39 Å². The number of nitrogens with one attached hydrogen (secondary N) is 2. The lowest BCUT2D eigenvalue weighted by Gasteiger charge is -2.31. The van der Waals surface area contributed by atoms with E-state index in [0.29, 0.717) is 29.0 Å². The van der Waals surface area contributed by atoms with Crippen molar-refractivity contribution >= 4 is 16.9 Å². The molecule has 0 spiro atoms. The summed E-state index contributed by atoms with van der Waals surface area (Å²) in [4.78, 5) is 30.7. The molecule has 0 fully saturated rings. The first-order valence-electron chi connectivity index (χ1n) is 11.9. The number of pyridine rings is 2. The molecule has 5 rings (SSSR count). The van der Waals surface area contributed by atoms with E-state index in [1.807, 2.05) is 20.0 Å². The second kappa shape index (κ2) is 8.51. The van der Waals surface area contributed by atoms with E-state index in [0.717, 1.165) is 29.6 Å². The van der Waals surface area contributed by atoms with Gasteiger partial charge in [0.1, 0.15) is 12.4 Å². The number of hydrogen-bond donors (Lipinski definition) is 3. The zero-order chi connectivity index (χ0) is 25.1. The summed E-state index contributed by atoms with van der Waals surface area (Å²) in [7, 11) is 1.88. The molecule has 184 valence electrons. The molecular weight excluding hydrogens is 451 g/mol. The summed E-state index contributed by atoms with van der Waals surface area (Å²) in [5, 5.41) is 18.6. The maximum atomic E-state index is 14.6. The number of cyclic esters (lactones) is 1. The number of fused-ring (bicyclic) bond motifs is 5. The molecule has 0 saturated carbocycles. The van der Waals surface area contributed by atoms with Gasteiger partial charge in [0.2, 0.25) is 0 Å². The highest BCUT2D eigenvalue weighted by Crippen LogP contribution is 2.41. The van der Waals surface area contributed by atoms with Crippen LogP contribution in [0.1, 0.15) is 54.1 Å². The van der Waals surface area contributed by atoms with Crippen molar-refractivity contribution in [2.45, 2.75) is 52.0 Å². The number of aromatic nitrogens is 2. The largest absolute Gasteiger partial charge is 0.458 e. The number of ether oxygens (including phenoxy) is 1. The van der Waals surface area contributed by atoms with E-state index in [2.05, 4.69) is 10.6 Å². The van der Waals surface area contributed by atoms with E-state index < -0.39 is 11.6 Å². The van der Waals surface area contributed by atoms with Crippen LogP contribution >= 0.6 is 0 Å². The van der Waals surface area contributed by atoms with E-state index in [1.165, 1.54) is 6.07 Å². The normalized spacial score (nSPS) is 19.3. The number of hydrogen-bond acceptors (Lipinski definition) is 7. The molecule has 0 aliphatic carbocycles. The van der Waals surface area contributed by atoms with Crippen molar-refractivity contribution in [1.82, 2.24) is 20.2 Å². The molecule has 8 nitrogen and oxygen atoms in total. The van der Waals surface area contributed by atoms with Crippen LogP contribution in [0.5, 0.6) is 0 Å². The van der Waals surface area contributed by atoms with Crippen molar-refractivity contribution in [3.8, 4) is 11.4 Å². The molecule has 0 bridgehead atoms. The highest BCUT2D eigenvalue weighted by Gasteiger charge is 2.45. The Bertz CT molecular complexity index is 1430. The monoisotopic (exact) mass is 480 g/mol. The molecule has 9 heteroatoms. The highest BCUT2D eigenvalue weighted by molar-refractivity contribution is 5.90. The van der Waals surface area contributed by atoms with Crippen LogP contribution in [-0.4, -0.2) is 40.8 Å². The molecule has 3 N–H and O–H groups in total. The Hall–Kier alpha value is -3.14. The first-order valence-corrected chi connectivity index (χ1v) is 11.9. The van der Waals surface area contributed by atoms with E-state index in [9.17, 15) is 19.1 Å². The second-order valence-corrected chi connectivity index (χ2v) is 9.35. The quantitative estimate of drug-likeness (QED) is 0.288. The van der Waals surface area contributed by atoms with Crippen LogP contribution < -0.4 is 16.2 Å². The number of benzene rings is 1. The molecule has 0 saturated heterocycles. The molecule has 0 unspecified atom stereocenters. The average molecular weight is 481 g/mol. The number of esters is 1. The SMILES string of the molecule is CC[C@@]1(O)C(=O)OCc2c1cc1n(c2=O)Cc2c-1nc1cc(F)c(C)cc1c2[C@H](C)NCCNC. The molecule has 2 aliphatic rings. The fourth-order valence-electron chi connectivity index (χ4n) is 5.25. The summed E-state index contributed by atoms with van der Waals surface area (Å²) in [6.07, 6.45) is 0.0713. The zero-order valence-corrected chi connectivity index (χ0v) is 20.3. The molecule has 3 aromatic rings. The molecule has 2 atom stereocenters. The number of carbonyl (C=O) groups excluding carboxylic acids is 1. The third kappa shape index (κ3) is 3.49. The number of carbonyl (C=O) groups is 1. The third-order valence-corrected chi connectivity index (χ3v) is 7.27. The maximum Gasteiger partial charge on any atom is 0.343 e. The highest BCUT2D eigenvalue weighted by atomic mass is 19.1. The first kappa shape index (κ1) is 23.6. The summed E-state index contributed by atoms with van der Waals surface area (Å²) in [5.41, 5.74) is 2.26. The molecule has 4 heterocycles. The smallest absolute Gasteiger partial charge is 0.343 e. The van der Waals surface area contributed by atoms with Gasteiger partial charge < -0.3 is 25.0 Å². The number of aryl methyl sites for hydroxylation is 1. The minimum absolute atomic E-state index is 0.0713. The topological polar surface area (TPSA) is 105 Å². The van der Waals surface area contributed by atoms with Crippen LogP contribution in [0.2, 0.25) is 0 Å². The molecule has 2 aromatic heterocycles. The van der Waals surface area contributed by atoms with Crippen molar-refractivity contribution < 1.29 is 19.0 Å². The Balaban J connectivity index is 1.77. The van der Waals surface area contributed by atoms with Gasteiger partial charge in [0.25, 0.3) is 5.56 Å². The fraction of sp³-hybridized carbons (Fsp3) is 0.423. The average Bonchev–Trinajstić information content (AvgIpc) is 3.19. The predicted molar refractivity (Wildman–Crippen MR) is 130 cm³/mol. The Labute approximate surface area is 202 Å². The number of aliphatic hydroxyl groups is 1. The second-order valence-electron chi connectivity index (χ2n) is 9.35.